The van der Waals surface area contributed by atoms with Gasteiger partial charge in [0.1, 0.15) is 0 Å². The lowest BCUT2D eigenvalue weighted by atomic mass is 10.2. The van der Waals surface area contributed by atoms with Crippen LogP contribution in [-0.4, -0.2) is 9.38 Å². The van der Waals surface area contributed by atoms with E-state index in [1.165, 1.54) is 0 Å². The van der Waals surface area contributed by atoms with Crippen molar-refractivity contribution in [2.24, 2.45) is 0 Å². The van der Waals surface area contributed by atoms with Gasteiger partial charge in [0.2, 0.25) is 0 Å². The third-order valence-electron chi connectivity index (χ3n) is 2.68. The molecular weight excluding hydrogens is 370 g/mol. The fourth-order valence-electron chi connectivity index (χ4n) is 1.85. The average molecular weight is 376 g/mol. The molecule has 1 aromatic carbocycles. The summed E-state index contributed by atoms with van der Waals surface area (Å²) in [5.74, 6) is 0. The molecule has 2 aromatic heterocycles. The Bertz CT molecular complexity index is 783. The first-order valence-corrected chi connectivity index (χ1v) is 7.26. The Balaban J connectivity index is 2.23. The van der Waals surface area contributed by atoms with E-state index < -0.39 is 0 Å². The van der Waals surface area contributed by atoms with Gasteiger partial charge < -0.3 is 4.40 Å². The van der Waals surface area contributed by atoms with Gasteiger partial charge in [0, 0.05) is 22.4 Å². The highest BCUT2D eigenvalue weighted by molar-refractivity contribution is 9.10. The first-order chi connectivity index (χ1) is 9.04. The summed E-state index contributed by atoms with van der Waals surface area (Å²) in [5.41, 5.74) is 2.25. The minimum Gasteiger partial charge on any atom is -0.304 e. The normalized spacial score (nSPS) is 11.2. The van der Waals surface area contributed by atoms with E-state index >= 15 is 0 Å². The van der Waals surface area contributed by atoms with Crippen LogP contribution in [0.1, 0.15) is 0 Å². The number of pyridine rings is 1. The molecule has 0 unspecified atom stereocenters. The third-order valence-corrected chi connectivity index (χ3v) is 3.97. The van der Waals surface area contributed by atoms with Gasteiger partial charge >= 0.3 is 0 Å². The van der Waals surface area contributed by atoms with E-state index in [-0.39, 0.29) is 0 Å². The second kappa shape index (κ2) is 4.98. The molecule has 96 valence electrons. The molecule has 0 spiro atoms. The molecule has 0 saturated carbocycles. The number of hydrogen-bond donors (Lipinski definition) is 0. The highest BCUT2D eigenvalue weighted by atomic mass is 79.9. The van der Waals surface area contributed by atoms with Crippen LogP contribution in [-0.2, 0) is 0 Å². The smallest absolute Gasteiger partial charge is 0.156 e. The lowest BCUT2D eigenvalue weighted by Gasteiger charge is -2.00. The van der Waals surface area contributed by atoms with Crippen molar-refractivity contribution in [3.8, 4) is 11.3 Å². The first kappa shape index (κ1) is 13.3. The lowest BCUT2D eigenvalue weighted by Crippen LogP contribution is -1.82. The van der Waals surface area contributed by atoms with E-state index in [1.54, 1.807) is 16.7 Å². The van der Waals surface area contributed by atoms with Gasteiger partial charge in [-0.3, -0.25) is 0 Å². The molecule has 0 bridgehead atoms. The van der Waals surface area contributed by atoms with Gasteiger partial charge in [0.25, 0.3) is 0 Å². The van der Waals surface area contributed by atoms with Crippen LogP contribution in [0.5, 0.6) is 0 Å². The van der Waals surface area contributed by atoms with E-state index in [9.17, 15) is 0 Å². The molecule has 0 N–H and O–H groups in total. The summed E-state index contributed by atoms with van der Waals surface area (Å²) in [5, 5.41) is 1.69. The van der Waals surface area contributed by atoms with Crippen LogP contribution < -0.4 is 0 Å². The van der Waals surface area contributed by atoms with Crippen molar-refractivity contribution in [3.63, 3.8) is 0 Å². The minimum absolute atomic E-state index is 0.506. The zero-order valence-electron chi connectivity index (χ0n) is 9.37. The molecule has 0 aliphatic heterocycles. The van der Waals surface area contributed by atoms with Crippen molar-refractivity contribution in [2.75, 3.05) is 0 Å². The fourth-order valence-corrected chi connectivity index (χ4v) is 3.15. The first-order valence-electron chi connectivity index (χ1n) is 5.34. The number of halogens is 4. The van der Waals surface area contributed by atoms with E-state index in [1.807, 2.05) is 24.4 Å². The maximum absolute atomic E-state index is 6.22. The molecule has 2 heterocycles. The molecule has 0 fully saturated rings. The van der Waals surface area contributed by atoms with E-state index in [2.05, 4.69) is 20.9 Å². The van der Waals surface area contributed by atoms with Gasteiger partial charge in [-0.05, 0) is 18.2 Å². The molecule has 2 nitrogen and oxygen atoms in total. The topological polar surface area (TPSA) is 17.3 Å². The molecule has 0 aliphatic carbocycles. The second-order valence-corrected chi connectivity index (χ2v) is 6.15. The summed E-state index contributed by atoms with van der Waals surface area (Å²) in [6.45, 7) is 0. The van der Waals surface area contributed by atoms with Crippen molar-refractivity contribution >= 4 is 56.4 Å². The van der Waals surface area contributed by atoms with Crippen molar-refractivity contribution in [1.29, 1.82) is 0 Å². The predicted octanol–water partition coefficient (Wildman–Crippen LogP) is 5.72. The SMILES string of the molecule is Clc1cc(Cl)c2nc(-c3ccc(Br)cc3Cl)cn2c1. The average Bonchev–Trinajstić information content (AvgIpc) is 2.72. The predicted molar refractivity (Wildman–Crippen MR) is 83.4 cm³/mol. The van der Waals surface area contributed by atoms with Crippen LogP contribution in [0.2, 0.25) is 15.1 Å². The molecule has 0 atom stereocenters. The van der Waals surface area contributed by atoms with Crippen molar-refractivity contribution in [1.82, 2.24) is 9.38 Å². The molecule has 0 aliphatic rings. The third kappa shape index (κ3) is 2.48. The van der Waals surface area contributed by atoms with Crippen LogP contribution in [0.4, 0.5) is 0 Å². The Labute approximate surface area is 133 Å². The zero-order valence-corrected chi connectivity index (χ0v) is 13.2. The maximum Gasteiger partial charge on any atom is 0.156 e. The summed E-state index contributed by atoms with van der Waals surface area (Å²) in [4.78, 5) is 4.49. The molecule has 6 heteroatoms. The number of nitrogens with zero attached hydrogens (tertiary/aromatic N) is 2. The number of rotatable bonds is 1. The Hall–Kier alpha value is -0.740. The highest BCUT2D eigenvalue weighted by Crippen LogP contribution is 2.31. The zero-order chi connectivity index (χ0) is 13.6. The van der Waals surface area contributed by atoms with Gasteiger partial charge in [0.15, 0.2) is 5.65 Å². The summed E-state index contributed by atoms with van der Waals surface area (Å²) < 4.78 is 2.71. The molecule has 0 radical (unpaired) electrons. The van der Waals surface area contributed by atoms with E-state index in [0.717, 1.165) is 15.7 Å². The molecule has 3 rings (SSSR count). The summed E-state index contributed by atoms with van der Waals surface area (Å²) >= 11 is 21.7. The number of benzene rings is 1. The van der Waals surface area contributed by atoms with Crippen LogP contribution in [0.3, 0.4) is 0 Å². The van der Waals surface area contributed by atoms with Crippen LogP contribution in [0.25, 0.3) is 16.9 Å². The standard InChI is InChI=1S/C13H6BrCl3N2/c14-7-1-2-9(10(16)3-7)12-6-19-5-8(15)4-11(17)13(19)18-12/h1-6H. The Morgan fingerprint density at radius 3 is 2.53 bits per heavy atom. The Kier molecular flexibility index (Phi) is 3.48. The van der Waals surface area contributed by atoms with E-state index in [0.29, 0.717) is 20.7 Å². The van der Waals surface area contributed by atoms with E-state index in [4.69, 9.17) is 34.8 Å². The van der Waals surface area contributed by atoms with Crippen LogP contribution in [0, 0.1) is 0 Å². The van der Waals surface area contributed by atoms with Gasteiger partial charge in [-0.25, -0.2) is 4.98 Å². The second-order valence-electron chi connectivity index (χ2n) is 3.99. The highest BCUT2D eigenvalue weighted by Gasteiger charge is 2.11. The van der Waals surface area contributed by atoms with Crippen molar-refractivity contribution < 1.29 is 0 Å². The largest absolute Gasteiger partial charge is 0.304 e. The minimum atomic E-state index is 0.506. The van der Waals surface area contributed by atoms with Crippen LogP contribution in [0.15, 0.2) is 41.1 Å². The van der Waals surface area contributed by atoms with Crippen molar-refractivity contribution in [3.05, 3.63) is 56.2 Å². The molecular formula is C13H6BrCl3N2. The monoisotopic (exact) mass is 374 g/mol. The Morgan fingerprint density at radius 2 is 1.79 bits per heavy atom. The molecule has 0 saturated heterocycles. The van der Waals surface area contributed by atoms with Gasteiger partial charge in [-0.2, -0.15) is 0 Å². The van der Waals surface area contributed by atoms with Gasteiger partial charge in [-0.15, -0.1) is 0 Å². The quantitative estimate of drug-likeness (QED) is 0.531. The number of fused-ring (bicyclic) bond motifs is 1. The number of aromatic nitrogens is 2. The summed E-state index contributed by atoms with van der Waals surface area (Å²) in [6, 6.07) is 7.32. The molecule has 3 aromatic rings. The number of hydrogen-bond acceptors (Lipinski definition) is 1. The lowest BCUT2D eigenvalue weighted by molar-refractivity contribution is 1.19. The van der Waals surface area contributed by atoms with Gasteiger partial charge in [0.05, 0.1) is 20.8 Å². The Morgan fingerprint density at radius 1 is 1.00 bits per heavy atom. The molecule has 0 amide bonds. The maximum atomic E-state index is 6.22. The van der Waals surface area contributed by atoms with Gasteiger partial charge in [-0.1, -0.05) is 56.8 Å². The summed E-state index contributed by atoms with van der Waals surface area (Å²) in [6.07, 6.45) is 3.61. The summed E-state index contributed by atoms with van der Waals surface area (Å²) in [7, 11) is 0. The number of imidazole rings is 1. The van der Waals surface area contributed by atoms with Crippen LogP contribution >= 0.6 is 50.7 Å². The fraction of sp³-hybridized carbons (Fsp3) is 0. The van der Waals surface area contributed by atoms with Crippen molar-refractivity contribution in [2.45, 2.75) is 0 Å². The molecule has 19 heavy (non-hydrogen) atoms.